The van der Waals surface area contributed by atoms with Crippen LogP contribution in [-0.2, 0) is 20.7 Å². The number of amides is 2. The minimum Gasteiger partial charge on any atom is -0.494 e. The van der Waals surface area contributed by atoms with Crippen LogP contribution in [0.15, 0.2) is 24.3 Å². The lowest BCUT2D eigenvalue weighted by atomic mass is 9.96. The highest BCUT2D eigenvalue weighted by Gasteiger charge is 2.36. The number of hydrogen-bond donors (Lipinski definition) is 1. The van der Waals surface area contributed by atoms with Crippen LogP contribution in [0.2, 0.25) is 0 Å². The van der Waals surface area contributed by atoms with Crippen molar-refractivity contribution < 1.29 is 23.8 Å². The molecule has 0 bridgehead atoms. The third-order valence-corrected chi connectivity index (χ3v) is 5.17. The maximum absolute atomic E-state index is 12.4. The van der Waals surface area contributed by atoms with Gasteiger partial charge in [-0.15, -0.1) is 0 Å². The normalized spacial score (nSPS) is 18.3. The van der Waals surface area contributed by atoms with E-state index in [4.69, 9.17) is 14.2 Å². The predicted octanol–water partition coefficient (Wildman–Crippen LogP) is 3.16. The van der Waals surface area contributed by atoms with E-state index in [1.165, 1.54) is 0 Å². The van der Waals surface area contributed by atoms with Crippen LogP contribution in [0, 0.1) is 0 Å². The number of nitrogens with one attached hydrogen (secondary N) is 1. The molecule has 7 heteroatoms. The molecular weight excluding hydrogens is 372 g/mol. The number of carbonyl (C=O) groups is 2. The van der Waals surface area contributed by atoms with Crippen molar-refractivity contribution in [1.82, 2.24) is 10.2 Å². The monoisotopic (exact) mass is 406 g/mol. The van der Waals surface area contributed by atoms with Crippen molar-refractivity contribution in [1.29, 1.82) is 0 Å². The Labute approximate surface area is 173 Å². The SMILES string of the molecule is CCCCOC(C)(Cc1ccc(OCCC2CNC(=O)N2C)cc1)C(=O)OCC. The van der Waals surface area contributed by atoms with Crippen LogP contribution in [0.4, 0.5) is 4.79 Å². The fourth-order valence-electron chi connectivity index (χ4n) is 3.24. The van der Waals surface area contributed by atoms with Crippen LogP contribution in [-0.4, -0.2) is 62.0 Å². The van der Waals surface area contributed by atoms with E-state index in [9.17, 15) is 9.59 Å². The van der Waals surface area contributed by atoms with Gasteiger partial charge in [-0.05, 0) is 38.0 Å². The van der Waals surface area contributed by atoms with Gasteiger partial charge in [-0.25, -0.2) is 9.59 Å². The average Bonchev–Trinajstić information content (AvgIpc) is 3.02. The third kappa shape index (κ3) is 6.63. The second-order valence-corrected chi connectivity index (χ2v) is 7.56. The number of urea groups is 1. The number of carbonyl (C=O) groups excluding carboxylic acids is 2. The first-order valence-electron chi connectivity index (χ1n) is 10.4. The molecule has 0 radical (unpaired) electrons. The first-order valence-corrected chi connectivity index (χ1v) is 10.4. The fraction of sp³-hybridized carbons (Fsp3) is 0.636. The Morgan fingerprint density at radius 2 is 1.97 bits per heavy atom. The van der Waals surface area contributed by atoms with E-state index >= 15 is 0 Å². The Morgan fingerprint density at radius 3 is 2.55 bits per heavy atom. The van der Waals surface area contributed by atoms with Crippen LogP contribution in [0.5, 0.6) is 5.75 Å². The van der Waals surface area contributed by atoms with Gasteiger partial charge in [-0.2, -0.15) is 0 Å². The molecular formula is C22H34N2O5. The molecule has 7 nitrogen and oxygen atoms in total. The standard InChI is InChI=1S/C22H34N2O5/c1-5-7-13-29-22(3,20(25)27-6-2)15-17-8-10-19(11-9-17)28-14-12-18-16-23-21(26)24(18)4/h8-11,18H,5-7,12-16H2,1-4H3,(H,23,26). The molecule has 1 aromatic rings. The Balaban J connectivity index is 1.89. The second-order valence-electron chi connectivity index (χ2n) is 7.56. The van der Waals surface area contributed by atoms with Crippen molar-refractivity contribution in [2.24, 2.45) is 0 Å². The van der Waals surface area contributed by atoms with Gasteiger partial charge >= 0.3 is 12.0 Å². The van der Waals surface area contributed by atoms with E-state index in [0.717, 1.165) is 30.6 Å². The predicted molar refractivity (Wildman–Crippen MR) is 111 cm³/mol. The molecule has 2 unspecified atom stereocenters. The quantitative estimate of drug-likeness (QED) is 0.426. The Morgan fingerprint density at radius 1 is 1.24 bits per heavy atom. The Hall–Kier alpha value is -2.28. The van der Waals surface area contributed by atoms with Gasteiger partial charge < -0.3 is 24.4 Å². The van der Waals surface area contributed by atoms with Gasteiger partial charge in [0.2, 0.25) is 0 Å². The number of hydrogen-bond acceptors (Lipinski definition) is 5. The van der Waals surface area contributed by atoms with Crippen LogP contribution in [0.25, 0.3) is 0 Å². The van der Waals surface area contributed by atoms with Crippen LogP contribution in [0.3, 0.4) is 0 Å². The van der Waals surface area contributed by atoms with Gasteiger partial charge in [0.05, 0.1) is 19.3 Å². The highest BCUT2D eigenvalue weighted by molar-refractivity contribution is 5.79. The molecule has 1 aliphatic rings. The summed E-state index contributed by atoms with van der Waals surface area (Å²) in [6.45, 7) is 7.72. The van der Waals surface area contributed by atoms with E-state index in [1.807, 2.05) is 24.3 Å². The van der Waals surface area contributed by atoms with E-state index in [2.05, 4.69) is 12.2 Å². The van der Waals surface area contributed by atoms with Gasteiger partial charge in [-0.1, -0.05) is 25.5 Å². The zero-order valence-electron chi connectivity index (χ0n) is 18.0. The minimum absolute atomic E-state index is 0.0369. The highest BCUT2D eigenvalue weighted by atomic mass is 16.6. The smallest absolute Gasteiger partial charge is 0.338 e. The Kier molecular flexibility index (Phi) is 8.76. The second kappa shape index (κ2) is 11.0. The van der Waals surface area contributed by atoms with E-state index in [-0.39, 0.29) is 18.0 Å². The van der Waals surface area contributed by atoms with E-state index < -0.39 is 5.60 Å². The number of nitrogens with zero attached hydrogens (tertiary/aromatic N) is 1. The van der Waals surface area contributed by atoms with Crippen LogP contribution < -0.4 is 10.1 Å². The maximum atomic E-state index is 12.4. The summed E-state index contributed by atoms with van der Waals surface area (Å²) in [6.07, 6.45) is 3.12. The molecule has 1 fully saturated rings. The summed E-state index contributed by atoms with van der Waals surface area (Å²) in [5, 5.41) is 2.82. The first kappa shape index (κ1) is 23.0. The molecule has 0 aromatic heterocycles. The van der Waals surface area contributed by atoms with Gasteiger partial charge in [0, 0.05) is 33.0 Å². The van der Waals surface area contributed by atoms with Crippen molar-refractivity contribution in [2.75, 3.05) is 33.4 Å². The lowest BCUT2D eigenvalue weighted by Crippen LogP contribution is -2.42. The van der Waals surface area contributed by atoms with Crippen molar-refractivity contribution in [3.63, 3.8) is 0 Å². The molecule has 0 saturated carbocycles. The summed E-state index contributed by atoms with van der Waals surface area (Å²) in [6, 6.07) is 7.81. The molecule has 1 N–H and O–H groups in total. The number of likely N-dealkylation sites (N-methyl/N-ethyl adjacent to an activating group) is 1. The largest absolute Gasteiger partial charge is 0.494 e. The molecule has 1 aliphatic heterocycles. The van der Waals surface area contributed by atoms with Gasteiger partial charge in [0.1, 0.15) is 5.75 Å². The zero-order chi connectivity index (χ0) is 21.3. The van der Waals surface area contributed by atoms with Gasteiger partial charge in [0.25, 0.3) is 0 Å². The summed E-state index contributed by atoms with van der Waals surface area (Å²) in [7, 11) is 1.80. The Bertz CT molecular complexity index is 664. The lowest BCUT2D eigenvalue weighted by molar-refractivity contribution is -0.170. The van der Waals surface area contributed by atoms with Crippen molar-refractivity contribution in [2.45, 2.75) is 58.1 Å². The highest BCUT2D eigenvalue weighted by Crippen LogP contribution is 2.23. The molecule has 2 amide bonds. The van der Waals surface area contributed by atoms with Crippen molar-refractivity contribution in [3.05, 3.63) is 29.8 Å². The number of rotatable bonds is 12. The average molecular weight is 407 g/mol. The minimum atomic E-state index is -1.000. The summed E-state index contributed by atoms with van der Waals surface area (Å²) >= 11 is 0. The number of benzene rings is 1. The summed E-state index contributed by atoms with van der Waals surface area (Å²) in [5.41, 5.74) is -0.0186. The molecule has 1 aromatic carbocycles. The van der Waals surface area contributed by atoms with E-state index in [1.54, 1.807) is 25.8 Å². The molecule has 0 spiro atoms. The topological polar surface area (TPSA) is 77.1 Å². The summed E-state index contributed by atoms with van der Waals surface area (Å²) in [5.74, 6) is 0.429. The first-order chi connectivity index (χ1) is 13.9. The molecule has 1 saturated heterocycles. The van der Waals surface area contributed by atoms with Crippen molar-refractivity contribution >= 4 is 12.0 Å². The molecule has 162 valence electrons. The number of unbranched alkanes of at least 4 members (excludes halogenated alkanes) is 1. The number of esters is 1. The molecule has 2 atom stereocenters. The third-order valence-electron chi connectivity index (χ3n) is 5.17. The number of ether oxygens (including phenoxy) is 3. The van der Waals surface area contributed by atoms with Crippen LogP contribution in [0.1, 0.15) is 45.6 Å². The van der Waals surface area contributed by atoms with Crippen molar-refractivity contribution in [3.8, 4) is 5.75 Å². The molecule has 2 rings (SSSR count). The summed E-state index contributed by atoms with van der Waals surface area (Å²) in [4.78, 5) is 25.6. The molecule has 0 aliphatic carbocycles. The summed E-state index contributed by atoms with van der Waals surface area (Å²) < 4.78 is 17.0. The van der Waals surface area contributed by atoms with Crippen LogP contribution >= 0.6 is 0 Å². The molecule has 29 heavy (non-hydrogen) atoms. The fourth-order valence-corrected chi connectivity index (χ4v) is 3.24. The maximum Gasteiger partial charge on any atom is 0.338 e. The van der Waals surface area contributed by atoms with Gasteiger partial charge in [-0.3, -0.25) is 0 Å². The van der Waals surface area contributed by atoms with E-state index in [0.29, 0.717) is 32.8 Å². The zero-order valence-corrected chi connectivity index (χ0v) is 18.0. The lowest BCUT2D eigenvalue weighted by Gasteiger charge is -2.28. The van der Waals surface area contributed by atoms with Gasteiger partial charge in [0.15, 0.2) is 5.60 Å². The molecule has 1 heterocycles.